The summed E-state index contributed by atoms with van der Waals surface area (Å²) < 4.78 is 0.753. The molecule has 1 amide bonds. The number of hydrogen-bond acceptors (Lipinski definition) is 4. The summed E-state index contributed by atoms with van der Waals surface area (Å²) in [5.41, 5.74) is -0.718. The fourth-order valence-electron chi connectivity index (χ4n) is 2.21. The van der Waals surface area contributed by atoms with Crippen molar-refractivity contribution in [3.05, 3.63) is 21.3 Å². The number of hydrogen-bond donors (Lipinski definition) is 1. The molecule has 0 aromatic carbocycles. The number of carbonyl (C=O) groups is 1. The standard InChI is InChI=1S/C14H18ClN3OS/c1-14(9-16,10-3-4-10)17-13(19)8-18(2)7-11-5-6-12(15)20-11/h5-6,10H,3-4,7-8H2,1-2H3,(H,17,19). The van der Waals surface area contributed by atoms with Crippen LogP contribution in [0.15, 0.2) is 12.1 Å². The number of nitrogens with one attached hydrogen (secondary N) is 1. The SMILES string of the molecule is CN(CC(=O)NC(C)(C#N)C1CC1)Cc1ccc(Cl)s1. The summed E-state index contributed by atoms with van der Waals surface area (Å²) in [7, 11) is 1.88. The molecular weight excluding hydrogens is 294 g/mol. The molecule has 108 valence electrons. The van der Waals surface area contributed by atoms with Crippen LogP contribution in [0, 0.1) is 17.2 Å². The molecule has 1 N–H and O–H groups in total. The maximum absolute atomic E-state index is 12.0. The monoisotopic (exact) mass is 311 g/mol. The average Bonchev–Trinajstić information content (AvgIpc) is 3.14. The van der Waals surface area contributed by atoms with E-state index in [1.807, 2.05) is 31.0 Å². The van der Waals surface area contributed by atoms with E-state index in [9.17, 15) is 10.1 Å². The molecule has 1 fully saturated rings. The number of rotatable bonds is 6. The Kier molecular flexibility index (Phi) is 4.69. The van der Waals surface area contributed by atoms with Crippen molar-refractivity contribution >= 4 is 28.8 Å². The highest BCUT2D eigenvalue weighted by molar-refractivity contribution is 7.16. The second-order valence-electron chi connectivity index (χ2n) is 5.51. The van der Waals surface area contributed by atoms with Crippen molar-refractivity contribution in [1.82, 2.24) is 10.2 Å². The van der Waals surface area contributed by atoms with E-state index < -0.39 is 5.54 Å². The van der Waals surface area contributed by atoms with Gasteiger partial charge in [-0.1, -0.05) is 11.6 Å². The Morgan fingerprint density at radius 2 is 2.35 bits per heavy atom. The Morgan fingerprint density at radius 3 is 2.85 bits per heavy atom. The number of carbonyl (C=O) groups excluding carboxylic acids is 1. The van der Waals surface area contributed by atoms with Crippen LogP contribution in [0.25, 0.3) is 0 Å². The van der Waals surface area contributed by atoms with Crippen LogP contribution in [0.3, 0.4) is 0 Å². The summed E-state index contributed by atoms with van der Waals surface area (Å²) in [4.78, 5) is 15.1. The van der Waals surface area contributed by atoms with Crippen molar-refractivity contribution < 1.29 is 4.79 Å². The lowest BCUT2D eigenvalue weighted by atomic mass is 9.98. The molecule has 0 aliphatic heterocycles. The lowest BCUT2D eigenvalue weighted by Gasteiger charge is -2.24. The summed E-state index contributed by atoms with van der Waals surface area (Å²) in [5.74, 6) is 0.198. The first-order valence-electron chi connectivity index (χ1n) is 6.58. The summed E-state index contributed by atoms with van der Waals surface area (Å²) in [5, 5.41) is 12.1. The van der Waals surface area contributed by atoms with Gasteiger partial charge in [0.2, 0.25) is 5.91 Å². The van der Waals surface area contributed by atoms with Crippen molar-refractivity contribution in [2.75, 3.05) is 13.6 Å². The van der Waals surface area contributed by atoms with Gasteiger partial charge in [-0.2, -0.15) is 5.26 Å². The van der Waals surface area contributed by atoms with Crippen molar-refractivity contribution in [3.8, 4) is 6.07 Å². The third kappa shape index (κ3) is 3.95. The molecule has 1 atom stereocenters. The van der Waals surface area contributed by atoms with Gasteiger partial charge in [-0.3, -0.25) is 9.69 Å². The van der Waals surface area contributed by atoms with Gasteiger partial charge < -0.3 is 5.32 Å². The second kappa shape index (κ2) is 6.13. The van der Waals surface area contributed by atoms with Gasteiger partial charge in [-0.05, 0) is 44.9 Å². The maximum atomic E-state index is 12.0. The van der Waals surface area contributed by atoms with Gasteiger partial charge in [-0.25, -0.2) is 0 Å². The van der Waals surface area contributed by atoms with Gasteiger partial charge >= 0.3 is 0 Å². The van der Waals surface area contributed by atoms with Gasteiger partial charge in [0.1, 0.15) is 5.54 Å². The first-order chi connectivity index (χ1) is 9.43. The van der Waals surface area contributed by atoms with Gasteiger partial charge in [0, 0.05) is 11.4 Å². The van der Waals surface area contributed by atoms with Gasteiger partial charge in [0.25, 0.3) is 0 Å². The largest absolute Gasteiger partial charge is 0.337 e. The van der Waals surface area contributed by atoms with Crippen LogP contribution in [-0.2, 0) is 11.3 Å². The van der Waals surface area contributed by atoms with Crippen LogP contribution in [-0.4, -0.2) is 29.9 Å². The minimum atomic E-state index is -0.718. The molecule has 1 unspecified atom stereocenters. The number of nitrogens with zero attached hydrogens (tertiary/aromatic N) is 2. The third-order valence-electron chi connectivity index (χ3n) is 3.49. The molecule has 20 heavy (non-hydrogen) atoms. The highest BCUT2D eigenvalue weighted by Gasteiger charge is 2.42. The van der Waals surface area contributed by atoms with E-state index in [1.165, 1.54) is 11.3 Å². The fourth-order valence-corrected chi connectivity index (χ4v) is 3.38. The number of amides is 1. The van der Waals surface area contributed by atoms with E-state index in [0.29, 0.717) is 12.5 Å². The molecule has 1 heterocycles. The first kappa shape index (κ1) is 15.3. The summed E-state index contributed by atoms with van der Waals surface area (Å²) in [6, 6.07) is 6.05. The fraction of sp³-hybridized carbons (Fsp3) is 0.571. The predicted octanol–water partition coefficient (Wildman–Crippen LogP) is 2.64. The number of thiophene rings is 1. The Hall–Kier alpha value is -1.09. The molecule has 4 nitrogen and oxygen atoms in total. The van der Waals surface area contributed by atoms with Gasteiger partial charge in [0.15, 0.2) is 0 Å². The zero-order valence-electron chi connectivity index (χ0n) is 11.6. The molecular formula is C14H18ClN3OS. The van der Waals surface area contributed by atoms with E-state index >= 15 is 0 Å². The Bertz CT molecular complexity index is 535. The summed E-state index contributed by atoms with van der Waals surface area (Å²) >= 11 is 7.40. The highest BCUT2D eigenvalue weighted by Crippen LogP contribution is 2.39. The molecule has 1 aromatic rings. The Balaban J connectivity index is 1.83. The minimum absolute atomic E-state index is 0.105. The van der Waals surface area contributed by atoms with Crippen LogP contribution in [0.2, 0.25) is 4.34 Å². The summed E-state index contributed by atoms with van der Waals surface area (Å²) in [6.45, 7) is 2.76. The zero-order valence-corrected chi connectivity index (χ0v) is 13.2. The molecule has 0 radical (unpaired) electrons. The van der Waals surface area contributed by atoms with Crippen LogP contribution in [0.1, 0.15) is 24.6 Å². The van der Waals surface area contributed by atoms with Gasteiger partial charge in [-0.15, -0.1) is 11.3 Å². The van der Waals surface area contributed by atoms with Crippen molar-refractivity contribution in [2.24, 2.45) is 5.92 Å². The highest BCUT2D eigenvalue weighted by atomic mass is 35.5. The molecule has 1 aromatic heterocycles. The smallest absolute Gasteiger partial charge is 0.235 e. The molecule has 2 rings (SSSR count). The van der Waals surface area contributed by atoms with Crippen molar-refractivity contribution in [1.29, 1.82) is 5.26 Å². The van der Waals surface area contributed by atoms with Crippen molar-refractivity contribution in [3.63, 3.8) is 0 Å². The normalized spacial score (nSPS) is 17.6. The zero-order chi connectivity index (χ0) is 14.8. The predicted molar refractivity (Wildman–Crippen MR) is 80.5 cm³/mol. The van der Waals surface area contributed by atoms with Crippen LogP contribution in [0.5, 0.6) is 0 Å². The molecule has 1 saturated carbocycles. The van der Waals surface area contributed by atoms with Crippen LogP contribution in [0.4, 0.5) is 0 Å². The first-order valence-corrected chi connectivity index (χ1v) is 7.77. The molecule has 1 aliphatic rings. The van der Waals surface area contributed by atoms with Gasteiger partial charge in [0.05, 0.1) is 17.0 Å². The van der Waals surface area contributed by atoms with Crippen LogP contribution < -0.4 is 5.32 Å². The molecule has 6 heteroatoms. The quantitative estimate of drug-likeness (QED) is 0.878. The maximum Gasteiger partial charge on any atom is 0.235 e. The molecule has 1 aliphatic carbocycles. The van der Waals surface area contributed by atoms with E-state index in [0.717, 1.165) is 22.1 Å². The number of halogens is 1. The summed E-state index contributed by atoms with van der Waals surface area (Å²) in [6.07, 6.45) is 2.04. The van der Waals surface area contributed by atoms with E-state index in [-0.39, 0.29) is 12.5 Å². The topological polar surface area (TPSA) is 56.1 Å². The second-order valence-corrected chi connectivity index (χ2v) is 7.31. The lowest BCUT2D eigenvalue weighted by molar-refractivity contribution is -0.123. The van der Waals surface area contributed by atoms with E-state index in [2.05, 4.69) is 11.4 Å². The molecule has 0 spiro atoms. The lowest BCUT2D eigenvalue weighted by Crippen LogP contribution is -2.49. The molecule has 0 bridgehead atoms. The Morgan fingerprint density at radius 1 is 1.65 bits per heavy atom. The van der Waals surface area contributed by atoms with E-state index in [4.69, 9.17) is 11.6 Å². The average molecular weight is 312 g/mol. The van der Waals surface area contributed by atoms with Crippen molar-refractivity contribution in [2.45, 2.75) is 31.8 Å². The number of likely N-dealkylation sites (N-methyl/N-ethyl adjacent to an activating group) is 1. The third-order valence-corrected chi connectivity index (χ3v) is 4.71. The minimum Gasteiger partial charge on any atom is -0.337 e. The Labute approximate surface area is 128 Å². The van der Waals surface area contributed by atoms with E-state index in [1.54, 1.807) is 0 Å². The molecule has 0 saturated heterocycles. The van der Waals surface area contributed by atoms with Crippen LogP contribution >= 0.6 is 22.9 Å². The number of nitriles is 1.